The van der Waals surface area contributed by atoms with Gasteiger partial charge in [-0.2, -0.15) is 0 Å². The molecule has 0 aliphatic carbocycles. The molecule has 4 rings (SSSR count). The van der Waals surface area contributed by atoms with Crippen LogP contribution < -0.4 is 19.5 Å². The number of benzene rings is 2. The summed E-state index contributed by atoms with van der Waals surface area (Å²) in [5.41, 5.74) is 2.70. The molecule has 2 aromatic carbocycles. The number of anilines is 2. The third-order valence-corrected chi connectivity index (χ3v) is 3.70. The van der Waals surface area contributed by atoms with E-state index in [2.05, 4.69) is 15.3 Å². The highest BCUT2D eigenvalue weighted by molar-refractivity contribution is 5.67. The summed E-state index contributed by atoms with van der Waals surface area (Å²) in [5.74, 6) is 2.99. The Hall–Kier alpha value is -3.28. The van der Waals surface area contributed by atoms with Crippen LogP contribution >= 0.6 is 0 Å². The van der Waals surface area contributed by atoms with Crippen molar-refractivity contribution >= 4 is 11.5 Å². The molecule has 0 spiro atoms. The zero-order valence-corrected chi connectivity index (χ0v) is 13.0. The number of hydrogen-bond donors (Lipinski definition) is 1. The van der Waals surface area contributed by atoms with Crippen LogP contribution in [-0.2, 0) is 0 Å². The van der Waals surface area contributed by atoms with Crippen molar-refractivity contribution in [1.29, 1.82) is 0 Å². The summed E-state index contributed by atoms with van der Waals surface area (Å²) in [6.07, 6.45) is 1.54. The largest absolute Gasteiger partial charge is 0.497 e. The molecular formula is C18H15N3O3. The minimum Gasteiger partial charge on any atom is -0.497 e. The maximum atomic E-state index is 5.38. The molecule has 1 aromatic heterocycles. The predicted octanol–water partition coefficient (Wildman–Crippen LogP) is 3.62. The Morgan fingerprint density at radius 2 is 1.79 bits per heavy atom. The highest BCUT2D eigenvalue weighted by Gasteiger charge is 2.13. The van der Waals surface area contributed by atoms with Gasteiger partial charge in [0.05, 0.1) is 12.8 Å². The monoisotopic (exact) mass is 321 g/mol. The van der Waals surface area contributed by atoms with Crippen LogP contribution in [0.15, 0.2) is 54.9 Å². The number of aromatic nitrogens is 2. The first kappa shape index (κ1) is 14.3. The first-order chi connectivity index (χ1) is 11.8. The van der Waals surface area contributed by atoms with E-state index in [0.29, 0.717) is 5.82 Å². The number of rotatable bonds is 4. The summed E-state index contributed by atoms with van der Waals surface area (Å²) >= 11 is 0. The van der Waals surface area contributed by atoms with Gasteiger partial charge in [0.1, 0.15) is 17.9 Å². The molecule has 1 aliphatic heterocycles. The molecule has 2 heterocycles. The molecule has 0 unspecified atom stereocenters. The fourth-order valence-electron chi connectivity index (χ4n) is 2.47. The number of nitrogens with zero attached hydrogens (tertiary/aromatic N) is 2. The molecule has 1 aliphatic rings. The summed E-state index contributed by atoms with van der Waals surface area (Å²) in [7, 11) is 1.65. The average Bonchev–Trinajstić information content (AvgIpc) is 3.10. The van der Waals surface area contributed by atoms with E-state index >= 15 is 0 Å². The van der Waals surface area contributed by atoms with E-state index in [9.17, 15) is 0 Å². The summed E-state index contributed by atoms with van der Waals surface area (Å²) < 4.78 is 15.9. The molecular weight excluding hydrogens is 306 g/mol. The maximum absolute atomic E-state index is 5.38. The third kappa shape index (κ3) is 2.81. The molecule has 0 atom stereocenters. The summed E-state index contributed by atoms with van der Waals surface area (Å²) in [6, 6.07) is 15.3. The normalized spacial score (nSPS) is 12.0. The van der Waals surface area contributed by atoms with E-state index in [0.717, 1.165) is 34.2 Å². The summed E-state index contributed by atoms with van der Waals surface area (Å²) in [6.45, 7) is 0.258. The first-order valence-corrected chi connectivity index (χ1v) is 7.45. The van der Waals surface area contributed by atoms with Crippen molar-refractivity contribution in [2.45, 2.75) is 0 Å². The molecule has 3 aromatic rings. The van der Waals surface area contributed by atoms with Crippen LogP contribution in [0.1, 0.15) is 0 Å². The molecule has 6 nitrogen and oxygen atoms in total. The predicted molar refractivity (Wildman–Crippen MR) is 89.9 cm³/mol. The lowest BCUT2D eigenvalue weighted by molar-refractivity contribution is 0.174. The first-order valence-electron chi connectivity index (χ1n) is 7.45. The maximum Gasteiger partial charge on any atom is 0.231 e. The summed E-state index contributed by atoms with van der Waals surface area (Å²) in [5, 5.41) is 3.25. The average molecular weight is 321 g/mol. The second-order valence-corrected chi connectivity index (χ2v) is 5.21. The van der Waals surface area contributed by atoms with Crippen molar-refractivity contribution in [3.8, 4) is 28.5 Å². The molecule has 0 bridgehead atoms. The molecule has 0 radical (unpaired) electrons. The zero-order valence-electron chi connectivity index (χ0n) is 13.0. The lowest BCUT2D eigenvalue weighted by Crippen LogP contribution is -1.95. The summed E-state index contributed by atoms with van der Waals surface area (Å²) in [4.78, 5) is 8.60. The SMILES string of the molecule is COc1ccc(-c2cc(Nc3ccc4c(c3)OCO4)ncn2)cc1. The number of ether oxygens (including phenoxy) is 3. The molecule has 0 saturated carbocycles. The number of methoxy groups -OCH3 is 1. The molecule has 0 fully saturated rings. The third-order valence-electron chi connectivity index (χ3n) is 3.70. The number of hydrogen-bond acceptors (Lipinski definition) is 6. The fraction of sp³-hybridized carbons (Fsp3) is 0.111. The molecule has 0 amide bonds. The smallest absolute Gasteiger partial charge is 0.231 e. The highest BCUT2D eigenvalue weighted by atomic mass is 16.7. The van der Waals surface area contributed by atoms with Gasteiger partial charge in [-0.1, -0.05) is 0 Å². The van der Waals surface area contributed by atoms with Crippen LogP contribution in [0.4, 0.5) is 11.5 Å². The second-order valence-electron chi connectivity index (χ2n) is 5.21. The van der Waals surface area contributed by atoms with Gasteiger partial charge in [-0.15, -0.1) is 0 Å². The second kappa shape index (κ2) is 6.08. The van der Waals surface area contributed by atoms with Crippen molar-refractivity contribution in [3.05, 3.63) is 54.9 Å². The molecule has 120 valence electrons. The van der Waals surface area contributed by atoms with Crippen LogP contribution in [-0.4, -0.2) is 23.9 Å². The van der Waals surface area contributed by atoms with Crippen molar-refractivity contribution in [1.82, 2.24) is 9.97 Å². The molecule has 24 heavy (non-hydrogen) atoms. The molecule has 6 heteroatoms. The van der Waals surface area contributed by atoms with Gasteiger partial charge in [0.15, 0.2) is 11.5 Å². The Labute approximate surface area is 139 Å². The fourth-order valence-corrected chi connectivity index (χ4v) is 2.47. The number of nitrogens with one attached hydrogen (secondary N) is 1. The van der Waals surface area contributed by atoms with E-state index in [4.69, 9.17) is 14.2 Å². The van der Waals surface area contributed by atoms with Crippen LogP contribution in [0, 0.1) is 0 Å². The van der Waals surface area contributed by atoms with E-state index in [-0.39, 0.29) is 6.79 Å². The van der Waals surface area contributed by atoms with Crippen LogP contribution in [0.25, 0.3) is 11.3 Å². The van der Waals surface area contributed by atoms with E-state index in [1.54, 1.807) is 7.11 Å². The van der Waals surface area contributed by atoms with Crippen molar-refractivity contribution in [2.24, 2.45) is 0 Å². The van der Waals surface area contributed by atoms with Gasteiger partial charge < -0.3 is 19.5 Å². The topological polar surface area (TPSA) is 65.5 Å². The van der Waals surface area contributed by atoms with Crippen molar-refractivity contribution in [2.75, 3.05) is 19.2 Å². The van der Waals surface area contributed by atoms with E-state index in [1.807, 2.05) is 48.5 Å². The Morgan fingerprint density at radius 3 is 2.62 bits per heavy atom. The van der Waals surface area contributed by atoms with Gasteiger partial charge in [0.2, 0.25) is 6.79 Å². The van der Waals surface area contributed by atoms with Crippen molar-refractivity contribution in [3.63, 3.8) is 0 Å². The minimum atomic E-state index is 0.258. The van der Waals surface area contributed by atoms with Gasteiger partial charge in [0.25, 0.3) is 0 Å². The van der Waals surface area contributed by atoms with Gasteiger partial charge >= 0.3 is 0 Å². The van der Waals surface area contributed by atoms with Crippen LogP contribution in [0.5, 0.6) is 17.2 Å². The van der Waals surface area contributed by atoms with E-state index < -0.39 is 0 Å². The van der Waals surface area contributed by atoms with Crippen molar-refractivity contribution < 1.29 is 14.2 Å². The minimum absolute atomic E-state index is 0.258. The lowest BCUT2D eigenvalue weighted by Gasteiger charge is -2.08. The van der Waals surface area contributed by atoms with Gasteiger partial charge in [-0.25, -0.2) is 9.97 Å². The van der Waals surface area contributed by atoms with Gasteiger partial charge in [-0.3, -0.25) is 0 Å². The van der Waals surface area contributed by atoms with Crippen LogP contribution in [0.2, 0.25) is 0 Å². The zero-order chi connectivity index (χ0) is 16.4. The Kier molecular flexibility index (Phi) is 3.63. The van der Waals surface area contributed by atoms with Crippen LogP contribution in [0.3, 0.4) is 0 Å². The van der Waals surface area contributed by atoms with Gasteiger partial charge in [0, 0.05) is 23.4 Å². The van der Waals surface area contributed by atoms with Gasteiger partial charge in [-0.05, 0) is 36.4 Å². The Bertz CT molecular complexity index is 866. The molecule has 1 N–H and O–H groups in total. The Balaban J connectivity index is 1.58. The quantitative estimate of drug-likeness (QED) is 0.791. The Morgan fingerprint density at radius 1 is 0.958 bits per heavy atom. The molecule has 0 saturated heterocycles. The lowest BCUT2D eigenvalue weighted by atomic mass is 10.1. The number of fused-ring (bicyclic) bond motifs is 1. The highest BCUT2D eigenvalue weighted by Crippen LogP contribution is 2.35. The van der Waals surface area contributed by atoms with E-state index in [1.165, 1.54) is 6.33 Å². The standard InChI is InChI=1S/C18H15N3O3/c1-22-14-5-2-12(3-6-14)15-9-18(20-10-19-15)21-13-4-7-16-17(8-13)24-11-23-16/h2-10H,11H2,1H3,(H,19,20,21).